The summed E-state index contributed by atoms with van der Waals surface area (Å²) in [5, 5.41) is 3.36. The first-order chi connectivity index (χ1) is 11.8. The lowest BCUT2D eigenvalue weighted by atomic mass is 10.0. The van der Waals surface area contributed by atoms with Crippen LogP contribution in [0.25, 0.3) is 0 Å². The van der Waals surface area contributed by atoms with Crippen LogP contribution in [0.5, 0.6) is 0 Å². The summed E-state index contributed by atoms with van der Waals surface area (Å²) in [5.41, 5.74) is -0.265. The van der Waals surface area contributed by atoms with Crippen molar-refractivity contribution in [3.63, 3.8) is 0 Å². The van der Waals surface area contributed by atoms with Gasteiger partial charge in [-0.05, 0) is 30.9 Å². The van der Waals surface area contributed by atoms with Crippen molar-refractivity contribution in [1.82, 2.24) is 10.2 Å². The molecule has 136 valence electrons. The topological polar surface area (TPSA) is 83.6 Å². The molecule has 8 heteroatoms. The second kappa shape index (κ2) is 6.61. The van der Waals surface area contributed by atoms with Crippen LogP contribution in [0.15, 0.2) is 24.3 Å². The molecule has 0 aromatic heterocycles. The van der Waals surface area contributed by atoms with E-state index in [0.717, 1.165) is 5.56 Å². The summed E-state index contributed by atoms with van der Waals surface area (Å²) in [7, 11) is -1.49. The standard InChI is InChI=1S/C17H21ClN2O4S/c1-20(13-6-9-25(23,24)11-13)16(22)17(7-8-17)15(21)19-10-12-4-2-3-5-14(12)18/h2-5,13H,6-11H2,1H3,(H,19,21). The summed E-state index contributed by atoms with van der Waals surface area (Å²) in [6, 6.07) is 6.87. The molecule has 1 aromatic carbocycles. The van der Waals surface area contributed by atoms with Gasteiger partial charge in [-0.1, -0.05) is 29.8 Å². The molecule has 1 atom stereocenters. The Balaban J connectivity index is 1.64. The zero-order valence-corrected chi connectivity index (χ0v) is 15.6. The van der Waals surface area contributed by atoms with Crippen molar-refractivity contribution in [2.45, 2.75) is 31.8 Å². The molecule has 1 unspecified atom stereocenters. The van der Waals surface area contributed by atoms with E-state index in [1.165, 1.54) is 4.90 Å². The minimum atomic E-state index is -3.08. The summed E-state index contributed by atoms with van der Waals surface area (Å²) in [6.07, 6.45) is 1.41. The van der Waals surface area contributed by atoms with Gasteiger partial charge in [-0.2, -0.15) is 0 Å². The van der Waals surface area contributed by atoms with Gasteiger partial charge in [-0.3, -0.25) is 9.59 Å². The van der Waals surface area contributed by atoms with Gasteiger partial charge in [0.2, 0.25) is 11.8 Å². The first-order valence-electron chi connectivity index (χ1n) is 8.24. The first-order valence-corrected chi connectivity index (χ1v) is 10.4. The molecule has 6 nitrogen and oxygen atoms in total. The van der Waals surface area contributed by atoms with E-state index in [1.54, 1.807) is 13.1 Å². The normalized spacial score (nSPS) is 23.0. The second-order valence-corrected chi connectivity index (χ2v) is 9.47. The largest absolute Gasteiger partial charge is 0.351 e. The molecule has 1 aliphatic carbocycles. The Morgan fingerprint density at radius 1 is 1.32 bits per heavy atom. The number of amides is 2. The number of carbonyl (C=O) groups is 2. The lowest BCUT2D eigenvalue weighted by Gasteiger charge is -2.27. The van der Waals surface area contributed by atoms with E-state index in [1.807, 2.05) is 18.2 Å². The van der Waals surface area contributed by atoms with Gasteiger partial charge in [0.1, 0.15) is 5.41 Å². The lowest BCUT2D eigenvalue weighted by Crippen LogP contribution is -2.47. The molecule has 1 aromatic rings. The number of nitrogens with zero attached hydrogens (tertiary/aromatic N) is 1. The van der Waals surface area contributed by atoms with E-state index in [9.17, 15) is 18.0 Å². The number of halogens is 1. The molecule has 1 heterocycles. The molecule has 0 radical (unpaired) electrons. The van der Waals surface area contributed by atoms with Gasteiger partial charge in [-0.15, -0.1) is 0 Å². The van der Waals surface area contributed by atoms with Gasteiger partial charge < -0.3 is 10.2 Å². The third kappa shape index (κ3) is 3.67. The number of carbonyl (C=O) groups excluding carboxylic acids is 2. The zero-order chi connectivity index (χ0) is 18.2. The summed E-state index contributed by atoms with van der Waals surface area (Å²) < 4.78 is 23.3. The molecule has 0 bridgehead atoms. The van der Waals surface area contributed by atoms with Crippen molar-refractivity contribution in [1.29, 1.82) is 0 Å². The minimum absolute atomic E-state index is 0.0213. The van der Waals surface area contributed by atoms with Crippen molar-refractivity contribution in [3.8, 4) is 0 Å². The van der Waals surface area contributed by atoms with Crippen LogP contribution >= 0.6 is 11.6 Å². The van der Waals surface area contributed by atoms with Gasteiger partial charge in [0.25, 0.3) is 0 Å². The molecular weight excluding hydrogens is 364 g/mol. The fourth-order valence-electron chi connectivity index (χ4n) is 3.23. The van der Waals surface area contributed by atoms with Crippen LogP contribution < -0.4 is 5.32 Å². The maximum absolute atomic E-state index is 12.8. The fraction of sp³-hybridized carbons (Fsp3) is 0.529. The quantitative estimate of drug-likeness (QED) is 0.777. The van der Waals surface area contributed by atoms with Crippen molar-refractivity contribution in [2.75, 3.05) is 18.6 Å². The Labute approximate surface area is 152 Å². The van der Waals surface area contributed by atoms with Crippen LogP contribution in [-0.4, -0.2) is 49.7 Å². The predicted octanol–water partition coefficient (Wildman–Crippen LogP) is 1.38. The van der Waals surface area contributed by atoms with E-state index >= 15 is 0 Å². The summed E-state index contributed by atoms with van der Waals surface area (Å²) in [5.74, 6) is -0.524. The van der Waals surface area contributed by atoms with E-state index in [2.05, 4.69) is 5.32 Å². The number of benzene rings is 1. The maximum atomic E-state index is 12.8. The molecule has 1 saturated carbocycles. The molecule has 2 amide bonds. The zero-order valence-electron chi connectivity index (χ0n) is 14.0. The summed E-state index contributed by atoms with van der Waals surface area (Å²) >= 11 is 6.08. The van der Waals surface area contributed by atoms with Gasteiger partial charge in [0.05, 0.1) is 11.5 Å². The predicted molar refractivity (Wildman–Crippen MR) is 94.8 cm³/mol. The third-order valence-corrected chi connectivity index (χ3v) is 7.19. The smallest absolute Gasteiger partial charge is 0.238 e. The van der Waals surface area contributed by atoms with Gasteiger partial charge >= 0.3 is 0 Å². The molecule has 0 spiro atoms. The Morgan fingerprint density at radius 3 is 2.56 bits per heavy atom. The van der Waals surface area contributed by atoms with Gasteiger partial charge in [0, 0.05) is 24.7 Å². The van der Waals surface area contributed by atoms with Crippen LogP contribution in [0.3, 0.4) is 0 Å². The van der Waals surface area contributed by atoms with Crippen molar-refractivity contribution in [3.05, 3.63) is 34.9 Å². The van der Waals surface area contributed by atoms with Gasteiger partial charge in [-0.25, -0.2) is 8.42 Å². The average molecular weight is 385 g/mol. The Kier molecular flexibility index (Phi) is 4.81. The fourth-order valence-corrected chi connectivity index (χ4v) is 5.21. The summed E-state index contributed by atoms with van der Waals surface area (Å²) in [4.78, 5) is 26.8. The molecule has 1 aliphatic heterocycles. The Hall–Kier alpha value is -1.60. The average Bonchev–Trinajstić information content (AvgIpc) is 3.31. The van der Waals surface area contributed by atoms with E-state index in [4.69, 9.17) is 11.6 Å². The summed E-state index contributed by atoms with van der Waals surface area (Å²) in [6.45, 7) is 0.259. The molecule has 1 N–H and O–H groups in total. The number of hydrogen-bond acceptors (Lipinski definition) is 4. The van der Waals surface area contributed by atoms with Crippen LogP contribution in [-0.2, 0) is 26.0 Å². The van der Waals surface area contributed by atoms with Crippen LogP contribution in [0.1, 0.15) is 24.8 Å². The SMILES string of the molecule is CN(C(=O)C1(C(=O)NCc2ccccc2Cl)CC1)C1CCS(=O)(=O)C1. The molecule has 1 saturated heterocycles. The van der Waals surface area contributed by atoms with E-state index in [0.29, 0.717) is 24.3 Å². The molecule has 2 fully saturated rings. The Bertz CT molecular complexity index is 805. The highest BCUT2D eigenvalue weighted by Gasteiger charge is 2.58. The highest BCUT2D eigenvalue weighted by atomic mass is 35.5. The highest BCUT2D eigenvalue weighted by molar-refractivity contribution is 7.91. The van der Waals surface area contributed by atoms with Gasteiger partial charge in [0.15, 0.2) is 9.84 Å². The van der Waals surface area contributed by atoms with E-state index in [-0.39, 0.29) is 35.9 Å². The monoisotopic (exact) mass is 384 g/mol. The highest BCUT2D eigenvalue weighted by Crippen LogP contribution is 2.48. The van der Waals surface area contributed by atoms with Crippen LogP contribution in [0, 0.1) is 5.41 Å². The number of nitrogens with one attached hydrogen (secondary N) is 1. The minimum Gasteiger partial charge on any atom is -0.351 e. The van der Waals surface area contributed by atoms with Crippen molar-refractivity contribution < 1.29 is 18.0 Å². The molecule has 2 aliphatic rings. The Morgan fingerprint density at radius 2 is 2.00 bits per heavy atom. The van der Waals surface area contributed by atoms with Crippen molar-refractivity contribution >= 4 is 33.3 Å². The molecular formula is C17H21ClN2O4S. The second-order valence-electron chi connectivity index (χ2n) is 6.83. The van der Waals surface area contributed by atoms with Crippen LogP contribution in [0.2, 0.25) is 5.02 Å². The van der Waals surface area contributed by atoms with Crippen LogP contribution in [0.4, 0.5) is 0 Å². The first kappa shape index (κ1) is 18.2. The lowest BCUT2D eigenvalue weighted by molar-refractivity contribution is -0.144. The molecule has 3 rings (SSSR count). The number of sulfone groups is 1. The third-order valence-electron chi connectivity index (χ3n) is 5.07. The van der Waals surface area contributed by atoms with Crippen molar-refractivity contribution in [2.24, 2.45) is 5.41 Å². The number of rotatable bonds is 5. The number of hydrogen-bond donors (Lipinski definition) is 1. The maximum Gasteiger partial charge on any atom is 0.238 e. The van der Waals surface area contributed by atoms with E-state index < -0.39 is 15.3 Å². The molecule has 25 heavy (non-hydrogen) atoms.